The highest BCUT2D eigenvalue weighted by Crippen LogP contribution is 2.12. The van der Waals surface area contributed by atoms with Crippen LogP contribution in [0.2, 0.25) is 0 Å². The van der Waals surface area contributed by atoms with Crippen LogP contribution in [-0.2, 0) is 9.53 Å². The Bertz CT molecular complexity index is 479. The third-order valence-electron chi connectivity index (χ3n) is 2.53. The molecule has 0 aliphatic heterocycles. The third kappa shape index (κ3) is 5.56. The summed E-state index contributed by atoms with van der Waals surface area (Å²) in [6.45, 7) is 5.98. The van der Waals surface area contributed by atoms with E-state index < -0.39 is 5.91 Å². The van der Waals surface area contributed by atoms with Crippen LogP contribution in [0.15, 0.2) is 36.4 Å². The number of unbranched alkanes of at least 4 members (excludes halogenated alkanes) is 1. The molecule has 0 bridgehead atoms. The fourth-order valence-electron chi connectivity index (χ4n) is 1.40. The van der Waals surface area contributed by atoms with Gasteiger partial charge in [0.2, 0.25) is 5.91 Å². The Kier molecular flexibility index (Phi) is 6.29. The van der Waals surface area contributed by atoms with Crippen LogP contribution in [0.1, 0.15) is 30.1 Å². The van der Waals surface area contributed by atoms with Gasteiger partial charge in [0, 0.05) is 11.1 Å². The summed E-state index contributed by atoms with van der Waals surface area (Å²) >= 11 is 0. The quantitative estimate of drug-likeness (QED) is 0.448. The minimum absolute atomic E-state index is 0.357. The van der Waals surface area contributed by atoms with Crippen molar-refractivity contribution in [2.45, 2.75) is 19.8 Å². The Labute approximate surface area is 118 Å². The van der Waals surface area contributed by atoms with Crippen molar-refractivity contribution >= 4 is 11.9 Å². The first-order valence-corrected chi connectivity index (χ1v) is 6.36. The van der Waals surface area contributed by atoms with Crippen LogP contribution < -0.4 is 10.5 Å². The van der Waals surface area contributed by atoms with Crippen molar-refractivity contribution in [3.63, 3.8) is 0 Å². The van der Waals surface area contributed by atoms with Crippen LogP contribution in [0.5, 0.6) is 5.75 Å². The average Bonchev–Trinajstić information content (AvgIpc) is 2.42. The van der Waals surface area contributed by atoms with Crippen molar-refractivity contribution in [3.8, 4) is 5.75 Å². The Morgan fingerprint density at radius 1 is 1.15 bits per heavy atom. The predicted molar refractivity (Wildman–Crippen MR) is 75.5 cm³/mol. The molecule has 1 rings (SSSR count). The van der Waals surface area contributed by atoms with Gasteiger partial charge in [-0.3, -0.25) is 4.79 Å². The normalized spacial score (nSPS) is 9.85. The predicted octanol–water partition coefficient (Wildman–Crippen LogP) is 2.06. The van der Waals surface area contributed by atoms with E-state index >= 15 is 0 Å². The van der Waals surface area contributed by atoms with Gasteiger partial charge in [-0.25, -0.2) is 4.79 Å². The monoisotopic (exact) mass is 277 g/mol. The smallest absolute Gasteiger partial charge is 0.333 e. The Morgan fingerprint density at radius 3 is 2.30 bits per heavy atom. The molecule has 5 nitrogen and oxygen atoms in total. The van der Waals surface area contributed by atoms with Crippen molar-refractivity contribution in [2.75, 3.05) is 13.2 Å². The van der Waals surface area contributed by atoms with Gasteiger partial charge in [-0.15, -0.1) is 0 Å². The van der Waals surface area contributed by atoms with Crippen molar-refractivity contribution in [3.05, 3.63) is 42.0 Å². The van der Waals surface area contributed by atoms with Gasteiger partial charge in [-0.2, -0.15) is 0 Å². The molecule has 2 N–H and O–H groups in total. The summed E-state index contributed by atoms with van der Waals surface area (Å²) in [4.78, 5) is 22.0. The summed E-state index contributed by atoms with van der Waals surface area (Å²) in [5.74, 6) is -0.155. The second-order valence-electron chi connectivity index (χ2n) is 4.36. The van der Waals surface area contributed by atoms with Crippen molar-refractivity contribution < 1.29 is 19.1 Å². The van der Waals surface area contributed by atoms with Crippen LogP contribution in [0.4, 0.5) is 0 Å². The van der Waals surface area contributed by atoms with E-state index in [2.05, 4.69) is 6.58 Å². The number of primary amides is 1. The second-order valence-corrected chi connectivity index (χ2v) is 4.36. The van der Waals surface area contributed by atoms with Crippen molar-refractivity contribution in [1.82, 2.24) is 0 Å². The number of hydrogen-bond acceptors (Lipinski definition) is 4. The Morgan fingerprint density at radius 2 is 1.75 bits per heavy atom. The number of esters is 1. The fourth-order valence-corrected chi connectivity index (χ4v) is 1.40. The minimum atomic E-state index is -0.462. The molecule has 0 aliphatic rings. The molecule has 0 saturated heterocycles. The SMILES string of the molecule is C=C(C)C(=O)OCCCCOc1ccc(C(N)=O)cc1. The number of nitrogens with two attached hydrogens (primary N) is 1. The molecular formula is C15H19NO4. The minimum Gasteiger partial charge on any atom is -0.494 e. The molecule has 0 saturated carbocycles. The van der Waals surface area contributed by atoms with E-state index in [0.29, 0.717) is 30.1 Å². The molecule has 0 heterocycles. The molecular weight excluding hydrogens is 258 g/mol. The number of hydrogen-bond donors (Lipinski definition) is 1. The molecule has 0 fully saturated rings. The van der Waals surface area contributed by atoms with Gasteiger partial charge in [0.25, 0.3) is 0 Å². The molecule has 5 heteroatoms. The third-order valence-corrected chi connectivity index (χ3v) is 2.53. The summed E-state index contributed by atoms with van der Waals surface area (Å²) in [6, 6.07) is 6.63. The van der Waals surface area contributed by atoms with Crippen LogP contribution in [0, 0.1) is 0 Å². The van der Waals surface area contributed by atoms with Crippen LogP contribution in [-0.4, -0.2) is 25.1 Å². The lowest BCUT2D eigenvalue weighted by Crippen LogP contribution is -2.10. The molecule has 0 aliphatic carbocycles. The first kappa shape index (κ1) is 15.8. The van der Waals surface area contributed by atoms with Gasteiger partial charge in [0.1, 0.15) is 5.75 Å². The summed E-state index contributed by atoms with van der Waals surface area (Å²) in [7, 11) is 0. The average molecular weight is 277 g/mol. The first-order valence-electron chi connectivity index (χ1n) is 6.36. The molecule has 1 amide bonds. The van der Waals surface area contributed by atoms with Gasteiger partial charge in [-0.1, -0.05) is 6.58 Å². The van der Waals surface area contributed by atoms with Crippen molar-refractivity contribution in [1.29, 1.82) is 0 Å². The summed E-state index contributed by atoms with van der Waals surface area (Å²) in [6.07, 6.45) is 1.49. The van der Waals surface area contributed by atoms with Gasteiger partial charge in [0.15, 0.2) is 0 Å². The van der Waals surface area contributed by atoms with Crippen LogP contribution in [0.25, 0.3) is 0 Å². The lowest BCUT2D eigenvalue weighted by Gasteiger charge is -2.07. The highest BCUT2D eigenvalue weighted by molar-refractivity contribution is 5.92. The topological polar surface area (TPSA) is 78.6 Å². The number of benzene rings is 1. The molecule has 1 aromatic carbocycles. The number of carbonyl (C=O) groups is 2. The summed E-state index contributed by atoms with van der Waals surface area (Å²) in [5.41, 5.74) is 5.98. The molecule has 1 aromatic rings. The summed E-state index contributed by atoms with van der Waals surface area (Å²) < 4.78 is 10.4. The van der Waals surface area contributed by atoms with E-state index in [9.17, 15) is 9.59 Å². The molecule has 0 aromatic heterocycles. The number of ether oxygens (including phenoxy) is 2. The molecule has 0 unspecified atom stereocenters. The zero-order valence-corrected chi connectivity index (χ0v) is 11.6. The lowest BCUT2D eigenvalue weighted by molar-refractivity contribution is -0.139. The fraction of sp³-hybridized carbons (Fsp3) is 0.333. The Balaban J connectivity index is 2.17. The van der Waals surface area contributed by atoms with Gasteiger partial charge < -0.3 is 15.2 Å². The maximum atomic E-state index is 11.1. The first-order chi connectivity index (χ1) is 9.50. The lowest BCUT2D eigenvalue weighted by atomic mass is 10.2. The van der Waals surface area contributed by atoms with Crippen LogP contribution >= 0.6 is 0 Å². The zero-order chi connectivity index (χ0) is 15.0. The molecule has 108 valence electrons. The number of rotatable bonds is 8. The van der Waals surface area contributed by atoms with E-state index in [-0.39, 0.29) is 5.97 Å². The van der Waals surface area contributed by atoms with E-state index in [1.54, 1.807) is 31.2 Å². The molecule has 0 atom stereocenters. The highest BCUT2D eigenvalue weighted by Gasteiger charge is 2.02. The Hall–Kier alpha value is -2.30. The van der Waals surface area contributed by atoms with Crippen LogP contribution in [0.3, 0.4) is 0 Å². The van der Waals surface area contributed by atoms with E-state index in [4.69, 9.17) is 15.2 Å². The molecule has 20 heavy (non-hydrogen) atoms. The van der Waals surface area contributed by atoms with Gasteiger partial charge >= 0.3 is 5.97 Å². The highest BCUT2D eigenvalue weighted by atomic mass is 16.5. The molecule has 0 radical (unpaired) electrons. The van der Waals surface area contributed by atoms with E-state index in [1.807, 2.05) is 0 Å². The maximum absolute atomic E-state index is 11.1. The number of amides is 1. The number of carbonyl (C=O) groups excluding carboxylic acids is 2. The standard InChI is InChI=1S/C15H19NO4/c1-11(2)15(18)20-10-4-3-9-19-13-7-5-12(6-8-13)14(16)17/h5-8H,1,3-4,9-10H2,2H3,(H2,16,17). The van der Waals surface area contributed by atoms with Gasteiger partial charge in [0.05, 0.1) is 13.2 Å². The van der Waals surface area contributed by atoms with E-state index in [1.165, 1.54) is 0 Å². The largest absolute Gasteiger partial charge is 0.494 e. The maximum Gasteiger partial charge on any atom is 0.333 e. The van der Waals surface area contributed by atoms with E-state index in [0.717, 1.165) is 12.8 Å². The zero-order valence-electron chi connectivity index (χ0n) is 11.6. The van der Waals surface area contributed by atoms with Gasteiger partial charge in [-0.05, 0) is 44.0 Å². The van der Waals surface area contributed by atoms with Crippen molar-refractivity contribution in [2.24, 2.45) is 5.73 Å². The summed E-state index contributed by atoms with van der Waals surface area (Å²) in [5, 5.41) is 0. The second kappa shape index (κ2) is 7.99. The molecule has 0 spiro atoms.